The van der Waals surface area contributed by atoms with Crippen molar-refractivity contribution in [3.63, 3.8) is 0 Å². The molecule has 76 valence electrons. The number of carbonyl (C=O) groups is 1. The van der Waals surface area contributed by atoms with Crippen LogP contribution in [0.3, 0.4) is 0 Å². The minimum absolute atomic E-state index is 0.496. The summed E-state index contributed by atoms with van der Waals surface area (Å²) in [7, 11) is 0. The van der Waals surface area contributed by atoms with E-state index in [0.717, 1.165) is 12.0 Å². The molecular weight excluding hydrogens is 233 g/mol. The van der Waals surface area contributed by atoms with Gasteiger partial charge in [-0.15, -0.1) is 0 Å². The van der Waals surface area contributed by atoms with Crippen LogP contribution in [-0.4, -0.2) is 10.9 Å². The lowest BCUT2D eigenvalue weighted by molar-refractivity contribution is 0.112. The van der Waals surface area contributed by atoms with E-state index in [4.69, 9.17) is 23.2 Å². The van der Waals surface area contributed by atoms with E-state index in [1.807, 2.05) is 10.6 Å². The van der Waals surface area contributed by atoms with E-state index in [9.17, 15) is 4.79 Å². The van der Waals surface area contributed by atoms with Gasteiger partial charge in [0.15, 0.2) is 6.29 Å². The van der Waals surface area contributed by atoms with Crippen LogP contribution in [0.2, 0.25) is 10.0 Å². The molecular formula is C11H7Cl2NO. The fourth-order valence-corrected chi connectivity index (χ4v) is 1.58. The Morgan fingerprint density at radius 2 is 1.93 bits per heavy atom. The van der Waals surface area contributed by atoms with E-state index in [2.05, 4.69) is 0 Å². The standard InChI is InChI=1S/C11H7Cl2NO/c12-10-2-1-9(5-11(10)13)14-4-3-8(6-14)7-15/h1-7H. The summed E-state index contributed by atoms with van der Waals surface area (Å²) in [4.78, 5) is 10.5. The number of aromatic nitrogens is 1. The number of nitrogens with zero attached hydrogens (tertiary/aromatic N) is 1. The van der Waals surface area contributed by atoms with Crippen LogP contribution >= 0.6 is 23.2 Å². The van der Waals surface area contributed by atoms with Gasteiger partial charge < -0.3 is 4.57 Å². The van der Waals surface area contributed by atoms with Crippen LogP contribution in [0.1, 0.15) is 10.4 Å². The van der Waals surface area contributed by atoms with Crippen LogP contribution in [0.15, 0.2) is 36.7 Å². The summed E-state index contributed by atoms with van der Waals surface area (Å²) in [5.74, 6) is 0. The van der Waals surface area contributed by atoms with Crippen molar-refractivity contribution in [2.75, 3.05) is 0 Å². The predicted molar refractivity (Wildman–Crippen MR) is 61.2 cm³/mol. The third kappa shape index (κ3) is 2.06. The van der Waals surface area contributed by atoms with Crippen molar-refractivity contribution in [3.8, 4) is 5.69 Å². The second kappa shape index (κ2) is 4.09. The number of rotatable bonds is 2. The van der Waals surface area contributed by atoms with E-state index < -0.39 is 0 Å². The van der Waals surface area contributed by atoms with Gasteiger partial charge in [-0.1, -0.05) is 23.2 Å². The zero-order chi connectivity index (χ0) is 10.8. The van der Waals surface area contributed by atoms with Gasteiger partial charge in [0, 0.05) is 23.6 Å². The van der Waals surface area contributed by atoms with Crippen molar-refractivity contribution in [2.45, 2.75) is 0 Å². The Morgan fingerprint density at radius 3 is 2.53 bits per heavy atom. The van der Waals surface area contributed by atoms with Gasteiger partial charge in [0.1, 0.15) is 0 Å². The normalized spacial score (nSPS) is 10.3. The second-order valence-corrected chi connectivity index (χ2v) is 3.88. The molecule has 0 saturated carbocycles. The molecule has 2 aromatic rings. The smallest absolute Gasteiger partial charge is 0.151 e. The maximum Gasteiger partial charge on any atom is 0.151 e. The van der Waals surface area contributed by atoms with Crippen molar-refractivity contribution < 1.29 is 4.79 Å². The largest absolute Gasteiger partial charge is 0.323 e. The van der Waals surface area contributed by atoms with Crippen LogP contribution < -0.4 is 0 Å². The first kappa shape index (κ1) is 10.3. The minimum atomic E-state index is 0.496. The third-order valence-corrected chi connectivity index (χ3v) is 2.79. The van der Waals surface area contributed by atoms with Crippen LogP contribution in [-0.2, 0) is 0 Å². The van der Waals surface area contributed by atoms with Crippen molar-refractivity contribution in [2.24, 2.45) is 0 Å². The molecule has 0 aliphatic rings. The molecule has 15 heavy (non-hydrogen) atoms. The molecule has 1 heterocycles. The summed E-state index contributed by atoms with van der Waals surface area (Å²) in [5, 5.41) is 1.01. The van der Waals surface area contributed by atoms with Gasteiger partial charge in [-0.3, -0.25) is 4.79 Å². The molecule has 0 aliphatic carbocycles. The summed E-state index contributed by atoms with van der Waals surface area (Å²) >= 11 is 11.7. The Kier molecular flexibility index (Phi) is 2.80. The number of hydrogen-bond donors (Lipinski definition) is 0. The second-order valence-electron chi connectivity index (χ2n) is 3.07. The van der Waals surface area contributed by atoms with Crippen molar-refractivity contribution >= 4 is 29.5 Å². The van der Waals surface area contributed by atoms with Crippen LogP contribution in [0.4, 0.5) is 0 Å². The van der Waals surface area contributed by atoms with Gasteiger partial charge in [0.25, 0.3) is 0 Å². The van der Waals surface area contributed by atoms with Crippen LogP contribution in [0, 0.1) is 0 Å². The molecule has 1 aromatic heterocycles. The first-order chi connectivity index (χ1) is 7.20. The zero-order valence-corrected chi connectivity index (χ0v) is 9.16. The average Bonchev–Trinajstić information content (AvgIpc) is 2.70. The van der Waals surface area contributed by atoms with E-state index in [-0.39, 0.29) is 0 Å². The fraction of sp³-hybridized carbons (Fsp3) is 0. The van der Waals surface area contributed by atoms with Gasteiger partial charge in [-0.2, -0.15) is 0 Å². The van der Waals surface area contributed by atoms with E-state index >= 15 is 0 Å². The quantitative estimate of drug-likeness (QED) is 0.735. The maximum atomic E-state index is 10.5. The lowest BCUT2D eigenvalue weighted by atomic mass is 10.3. The predicted octanol–water partition coefficient (Wildman–Crippen LogP) is 3.60. The van der Waals surface area contributed by atoms with Crippen molar-refractivity contribution in [1.82, 2.24) is 4.57 Å². The number of benzene rings is 1. The Hall–Kier alpha value is -1.25. The highest BCUT2D eigenvalue weighted by Gasteiger charge is 2.01. The summed E-state index contributed by atoms with van der Waals surface area (Å²) in [6, 6.07) is 7.04. The molecule has 2 rings (SSSR count). The number of aldehydes is 1. The van der Waals surface area contributed by atoms with Gasteiger partial charge in [-0.25, -0.2) is 0 Å². The van der Waals surface area contributed by atoms with Gasteiger partial charge >= 0.3 is 0 Å². The SMILES string of the molecule is O=Cc1ccn(-c2ccc(Cl)c(Cl)c2)c1. The molecule has 0 bridgehead atoms. The third-order valence-electron chi connectivity index (χ3n) is 2.05. The molecule has 0 radical (unpaired) electrons. The number of halogens is 2. The molecule has 0 amide bonds. The van der Waals surface area contributed by atoms with E-state index in [1.165, 1.54) is 0 Å². The fourth-order valence-electron chi connectivity index (χ4n) is 1.29. The molecule has 0 atom stereocenters. The highest BCUT2D eigenvalue weighted by Crippen LogP contribution is 2.24. The first-order valence-corrected chi connectivity index (χ1v) is 5.05. The molecule has 0 spiro atoms. The van der Waals surface area contributed by atoms with Crippen molar-refractivity contribution in [3.05, 3.63) is 52.3 Å². The number of hydrogen-bond acceptors (Lipinski definition) is 1. The molecule has 1 aromatic carbocycles. The summed E-state index contributed by atoms with van der Waals surface area (Å²) in [6.07, 6.45) is 4.32. The van der Waals surface area contributed by atoms with Gasteiger partial charge in [-0.05, 0) is 24.3 Å². The molecule has 0 N–H and O–H groups in total. The molecule has 0 saturated heterocycles. The van der Waals surface area contributed by atoms with E-state index in [0.29, 0.717) is 15.6 Å². The van der Waals surface area contributed by atoms with Gasteiger partial charge in [0.05, 0.1) is 10.0 Å². The summed E-state index contributed by atoms with van der Waals surface area (Å²) in [5.41, 5.74) is 1.50. The highest BCUT2D eigenvalue weighted by atomic mass is 35.5. The maximum absolute atomic E-state index is 10.5. The van der Waals surface area contributed by atoms with Gasteiger partial charge in [0.2, 0.25) is 0 Å². The molecule has 0 aliphatic heterocycles. The van der Waals surface area contributed by atoms with E-state index in [1.54, 1.807) is 30.6 Å². The Bertz CT molecular complexity index is 505. The molecule has 4 heteroatoms. The van der Waals surface area contributed by atoms with Crippen LogP contribution in [0.25, 0.3) is 5.69 Å². The first-order valence-electron chi connectivity index (χ1n) is 4.29. The monoisotopic (exact) mass is 239 g/mol. The summed E-state index contributed by atoms with van der Waals surface area (Å²) < 4.78 is 1.81. The van der Waals surface area contributed by atoms with Crippen LogP contribution in [0.5, 0.6) is 0 Å². The Balaban J connectivity index is 2.44. The summed E-state index contributed by atoms with van der Waals surface area (Å²) in [6.45, 7) is 0. The average molecular weight is 240 g/mol. The number of carbonyl (C=O) groups excluding carboxylic acids is 1. The molecule has 2 nitrogen and oxygen atoms in total. The molecule has 0 fully saturated rings. The Morgan fingerprint density at radius 1 is 1.13 bits per heavy atom. The van der Waals surface area contributed by atoms with Crippen molar-refractivity contribution in [1.29, 1.82) is 0 Å². The topological polar surface area (TPSA) is 22.0 Å². The highest BCUT2D eigenvalue weighted by molar-refractivity contribution is 6.42. The lowest BCUT2D eigenvalue weighted by Crippen LogP contribution is -1.89. The minimum Gasteiger partial charge on any atom is -0.323 e. The lowest BCUT2D eigenvalue weighted by Gasteiger charge is -2.03. The molecule has 0 unspecified atom stereocenters. The Labute approximate surface area is 97.0 Å². The zero-order valence-electron chi connectivity index (χ0n) is 7.65.